The molecule has 2 atom stereocenters. The number of hydrogen-bond donors (Lipinski definition) is 0. The summed E-state index contributed by atoms with van der Waals surface area (Å²) in [5, 5.41) is 0. The molecule has 3 amide bonds. The van der Waals surface area contributed by atoms with E-state index in [-0.39, 0.29) is 18.0 Å². The van der Waals surface area contributed by atoms with Crippen LogP contribution in [-0.4, -0.2) is 66.4 Å². The molecule has 0 aliphatic carbocycles. The minimum atomic E-state index is 0.0291. The number of furan rings is 1. The van der Waals surface area contributed by atoms with Crippen LogP contribution < -0.4 is 0 Å². The third-order valence-corrected chi connectivity index (χ3v) is 5.76. The number of carbonyl (C=O) groups is 2. The summed E-state index contributed by atoms with van der Waals surface area (Å²) in [7, 11) is 3.56. The molecule has 3 saturated heterocycles. The summed E-state index contributed by atoms with van der Waals surface area (Å²) >= 11 is 0. The van der Waals surface area contributed by atoms with Gasteiger partial charge in [0.15, 0.2) is 0 Å². The monoisotopic (exact) mass is 381 g/mol. The lowest BCUT2D eigenvalue weighted by Gasteiger charge is -2.36. The molecule has 3 aliphatic heterocycles. The Hall–Kier alpha value is -2.76. The zero-order chi connectivity index (χ0) is 19.8. The predicted molar refractivity (Wildman–Crippen MR) is 107 cm³/mol. The molecule has 1 aromatic heterocycles. The van der Waals surface area contributed by atoms with E-state index < -0.39 is 0 Å². The van der Waals surface area contributed by atoms with Crippen molar-refractivity contribution in [1.82, 2.24) is 14.7 Å². The van der Waals surface area contributed by atoms with Crippen molar-refractivity contribution >= 4 is 11.9 Å². The third kappa shape index (κ3) is 3.51. The molecule has 0 unspecified atom stereocenters. The van der Waals surface area contributed by atoms with Gasteiger partial charge in [0.1, 0.15) is 11.5 Å². The summed E-state index contributed by atoms with van der Waals surface area (Å²) in [5.74, 6) is 2.00. The highest BCUT2D eigenvalue weighted by atomic mass is 16.3. The number of carbonyl (C=O) groups excluding carboxylic acids is 2. The van der Waals surface area contributed by atoms with Gasteiger partial charge in [-0.3, -0.25) is 4.79 Å². The molecular weight excluding hydrogens is 354 g/mol. The molecule has 5 rings (SSSR count). The van der Waals surface area contributed by atoms with Crippen LogP contribution in [0.2, 0.25) is 0 Å². The summed E-state index contributed by atoms with van der Waals surface area (Å²) < 4.78 is 5.71. The molecular formula is C22H27N3O3. The van der Waals surface area contributed by atoms with E-state index in [1.165, 1.54) is 0 Å². The number of piperidine rings is 1. The van der Waals surface area contributed by atoms with E-state index in [1.54, 1.807) is 19.0 Å². The van der Waals surface area contributed by atoms with Gasteiger partial charge in [0.05, 0.1) is 0 Å². The molecule has 2 bridgehead atoms. The first-order valence-electron chi connectivity index (χ1n) is 9.86. The van der Waals surface area contributed by atoms with Gasteiger partial charge in [-0.1, -0.05) is 12.1 Å². The van der Waals surface area contributed by atoms with Crippen LogP contribution in [0.3, 0.4) is 0 Å². The first-order chi connectivity index (χ1) is 13.4. The van der Waals surface area contributed by atoms with Gasteiger partial charge in [-0.15, -0.1) is 0 Å². The van der Waals surface area contributed by atoms with E-state index in [9.17, 15) is 9.59 Å². The Kier molecular flexibility index (Phi) is 4.87. The molecule has 3 aliphatic rings. The lowest BCUT2D eigenvalue weighted by Crippen LogP contribution is -2.48. The predicted octanol–water partition coefficient (Wildman–Crippen LogP) is 3.47. The van der Waals surface area contributed by atoms with Crippen molar-refractivity contribution in [3.8, 4) is 11.3 Å². The van der Waals surface area contributed by atoms with Crippen LogP contribution >= 0.6 is 0 Å². The van der Waals surface area contributed by atoms with Crippen molar-refractivity contribution in [2.75, 3.05) is 33.7 Å². The average molecular weight is 381 g/mol. The minimum Gasteiger partial charge on any atom is -0.461 e. The van der Waals surface area contributed by atoms with Gasteiger partial charge >= 0.3 is 6.03 Å². The lowest BCUT2D eigenvalue weighted by atomic mass is 9.94. The highest BCUT2D eigenvalue weighted by molar-refractivity contribution is 5.95. The normalized spacial score (nSPS) is 21.5. The van der Waals surface area contributed by atoms with Gasteiger partial charge in [0.25, 0.3) is 5.91 Å². The molecule has 0 N–H and O–H groups in total. The van der Waals surface area contributed by atoms with Crippen molar-refractivity contribution in [2.24, 2.45) is 5.92 Å². The zero-order valence-corrected chi connectivity index (χ0v) is 16.7. The van der Waals surface area contributed by atoms with Crippen LogP contribution in [-0.2, 0) is 0 Å². The van der Waals surface area contributed by atoms with E-state index in [0.717, 1.165) is 36.5 Å². The number of aryl methyl sites for hydroxylation is 1. The highest BCUT2D eigenvalue weighted by Gasteiger charge is 2.39. The summed E-state index contributed by atoms with van der Waals surface area (Å²) in [6.45, 7) is 3.96. The topological polar surface area (TPSA) is 57.0 Å². The van der Waals surface area contributed by atoms with Crippen LogP contribution in [0.25, 0.3) is 11.3 Å². The van der Waals surface area contributed by atoms with Gasteiger partial charge in [-0.2, -0.15) is 0 Å². The second-order valence-electron chi connectivity index (χ2n) is 8.13. The second-order valence-corrected chi connectivity index (χ2v) is 8.13. The smallest absolute Gasteiger partial charge is 0.319 e. The first-order valence-corrected chi connectivity index (χ1v) is 9.86. The van der Waals surface area contributed by atoms with Gasteiger partial charge in [-0.05, 0) is 49.9 Å². The fourth-order valence-corrected chi connectivity index (χ4v) is 4.33. The molecule has 0 saturated carbocycles. The molecule has 28 heavy (non-hydrogen) atoms. The maximum Gasteiger partial charge on any atom is 0.319 e. The van der Waals surface area contributed by atoms with E-state index in [4.69, 9.17) is 4.42 Å². The Morgan fingerprint density at radius 2 is 1.89 bits per heavy atom. The van der Waals surface area contributed by atoms with Crippen LogP contribution in [0.15, 0.2) is 40.8 Å². The van der Waals surface area contributed by atoms with Crippen molar-refractivity contribution < 1.29 is 14.0 Å². The number of benzene rings is 1. The quantitative estimate of drug-likeness (QED) is 0.800. The van der Waals surface area contributed by atoms with Gasteiger partial charge in [-0.25, -0.2) is 4.79 Å². The van der Waals surface area contributed by atoms with Gasteiger partial charge in [0, 0.05) is 50.9 Å². The summed E-state index contributed by atoms with van der Waals surface area (Å²) in [6.07, 6.45) is 2.02. The van der Waals surface area contributed by atoms with Crippen LogP contribution in [0.1, 0.15) is 29.0 Å². The molecule has 0 spiro atoms. The zero-order valence-electron chi connectivity index (χ0n) is 16.7. The van der Waals surface area contributed by atoms with Gasteiger partial charge in [0.2, 0.25) is 0 Å². The third-order valence-electron chi connectivity index (χ3n) is 5.76. The second kappa shape index (κ2) is 7.34. The number of fused-ring (bicyclic) bond motifs is 4. The van der Waals surface area contributed by atoms with E-state index >= 15 is 0 Å². The molecule has 3 fully saturated rings. The van der Waals surface area contributed by atoms with Crippen molar-refractivity contribution in [3.05, 3.63) is 47.7 Å². The van der Waals surface area contributed by atoms with E-state index in [2.05, 4.69) is 0 Å². The lowest BCUT2D eigenvalue weighted by molar-refractivity contribution is 0.0586. The van der Waals surface area contributed by atoms with Crippen molar-refractivity contribution in [1.29, 1.82) is 0 Å². The van der Waals surface area contributed by atoms with Crippen LogP contribution in [0.5, 0.6) is 0 Å². The SMILES string of the molecule is Cc1ccc(-c2cccc(C(=O)N3C[C@@H]4CC[C@H]3CN(C(=O)N(C)C)C4)c2)o1. The first kappa shape index (κ1) is 18.6. The molecule has 4 heterocycles. The summed E-state index contributed by atoms with van der Waals surface area (Å²) in [5.41, 5.74) is 1.58. The van der Waals surface area contributed by atoms with E-state index in [0.29, 0.717) is 24.6 Å². The Bertz CT molecular complexity index is 889. The number of rotatable bonds is 2. The van der Waals surface area contributed by atoms with Crippen LogP contribution in [0, 0.1) is 12.8 Å². The van der Waals surface area contributed by atoms with E-state index in [1.807, 2.05) is 53.1 Å². The fraction of sp³-hybridized carbons (Fsp3) is 0.455. The highest BCUT2D eigenvalue weighted by Crippen LogP contribution is 2.30. The number of urea groups is 1. The minimum absolute atomic E-state index is 0.0291. The summed E-state index contributed by atoms with van der Waals surface area (Å²) in [4.78, 5) is 31.3. The molecule has 6 nitrogen and oxygen atoms in total. The number of amides is 3. The Balaban J connectivity index is 1.56. The number of hydrogen-bond acceptors (Lipinski definition) is 3. The fourth-order valence-electron chi connectivity index (χ4n) is 4.33. The summed E-state index contributed by atoms with van der Waals surface area (Å²) in [6, 6.07) is 11.6. The Labute approximate surface area is 165 Å². The molecule has 2 aromatic rings. The Morgan fingerprint density at radius 3 is 2.61 bits per heavy atom. The molecule has 6 heteroatoms. The van der Waals surface area contributed by atoms with Crippen LogP contribution in [0.4, 0.5) is 4.79 Å². The maximum atomic E-state index is 13.3. The molecule has 148 valence electrons. The van der Waals surface area contributed by atoms with Gasteiger partial charge < -0.3 is 19.1 Å². The molecule has 0 radical (unpaired) electrons. The number of nitrogens with zero attached hydrogens (tertiary/aromatic N) is 3. The van der Waals surface area contributed by atoms with Crippen molar-refractivity contribution in [3.63, 3.8) is 0 Å². The molecule has 1 aromatic carbocycles. The Morgan fingerprint density at radius 1 is 1.07 bits per heavy atom. The standard InChI is InChI=1S/C22H27N3O3/c1-15-7-10-20(28-15)17-5-4-6-18(11-17)21(26)25-13-16-8-9-19(25)14-24(12-16)22(27)23(2)3/h4-7,10-11,16,19H,8-9,12-14H2,1-3H3/t16-,19+/m1/s1. The van der Waals surface area contributed by atoms with Crippen molar-refractivity contribution in [2.45, 2.75) is 25.8 Å². The maximum absolute atomic E-state index is 13.3. The largest absolute Gasteiger partial charge is 0.461 e. The average Bonchev–Trinajstić information content (AvgIpc) is 2.93.